The van der Waals surface area contributed by atoms with Gasteiger partial charge in [0, 0.05) is 13.2 Å². The zero-order chi connectivity index (χ0) is 16.7. The Kier molecular flexibility index (Phi) is 9.34. The molecule has 0 heterocycles. The van der Waals surface area contributed by atoms with E-state index in [0.29, 0.717) is 13.2 Å². The maximum Gasteiger partial charge on any atom is 0.237 e. The molecule has 0 fully saturated rings. The number of rotatable bonds is 8. The summed E-state index contributed by atoms with van der Waals surface area (Å²) in [6, 6.07) is 8.13. The summed E-state index contributed by atoms with van der Waals surface area (Å²) >= 11 is 0. The standard InChI is InChI=1S/C19H30N2O2.ClH/c1-3-14(2)18(20)19(22)21-12-7-13-23-17-11-6-9-15-8-4-5-10-16(15)17;/h4-5,8,10,14,17-18H,3,6-7,9,11-13,20H2,1-2H3,(H,21,22);1H. The Morgan fingerprint density at radius 3 is 2.92 bits per heavy atom. The van der Waals surface area contributed by atoms with Crippen LogP contribution >= 0.6 is 12.4 Å². The molecule has 0 aliphatic heterocycles. The summed E-state index contributed by atoms with van der Waals surface area (Å²) in [5.41, 5.74) is 8.66. The molecule has 4 nitrogen and oxygen atoms in total. The van der Waals surface area contributed by atoms with Crippen LogP contribution < -0.4 is 11.1 Å². The molecule has 0 saturated carbocycles. The van der Waals surface area contributed by atoms with E-state index in [0.717, 1.165) is 25.7 Å². The van der Waals surface area contributed by atoms with Gasteiger partial charge in [0.1, 0.15) is 0 Å². The van der Waals surface area contributed by atoms with Gasteiger partial charge in [-0.15, -0.1) is 12.4 Å². The molecule has 1 aromatic carbocycles. The van der Waals surface area contributed by atoms with Crippen molar-refractivity contribution in [3.63, 3.8) is 0 Å². The van der Waals surface area contributed by atoms with Gasteiger partial charge in [-0.3, -0.25) is 4.79 Å². The third-order valence-electron chi connectivity index (χ3n) is 4.81. The molecule has 0 spiro atoms. The van der Waals surface area contributed by atoms with Crippen molar-refractivity contribution in [2.45, 2.75) is 58.1 Å². The van der Waals surface area contributed by atoms with Crippen LogP contribution in [0.1, 0.15) is 56.8 Å². The Morgan fingerprint density at radius 1 is 1.42 bits per heavy atom. The van der Waals surface area contributed by atoms with Crippen molar-refractivity contribution in [3.8, 4) is 0 Å². The number of hydrogen-bond donors (Lipinski definition) is 2. The maximum absolute atomic E-state index is 11.9. The molecular weight excluding hydrogens is 324 g/mol. The van der Waals surface area contributed by atoms with Crippen LogP contribution in [0.25, 0.3) is 0 Å². The molecule has 24 heavy (non-hydrogen) atoms. The molecule has 1 aliphatic rings. The molecular formula is C19H31ClN2O2. The normalized spacial score (nSPS) is 18.9. The van der Waals surface area contributed by atoms with Gasteiger partial charge < -0.3 is 15.8 Å². The van der Waals surface area contributed by atoms with Gasteiger partial charge in [-0.2, -0.15) is 0 Å². The van der Waals surface area contributed by atoms with E-state index in [2.05, 4.69) is 29.6 Å². The topological polar surface area (TPSA) is 64.4 Å². The second-order valence-corrected chi connectivity index (χ2v) is 6.51. The van der Waals surface area contributed by atoms with E-state index >= 15 is 0 Å². The highest BCUT2D eigenvalue weighted by Crippen LogP contribution is 2.32. The van der Waals surface area contributed by atoms with Crippen molar-refractivity contribution in [1.82, 2.24) is 5.32 Å². The van der Waals surface area contributed by atoms with E-state index < -0.39 is 6.04 Å². The highest BCUT2D eigenvalue weighted by Gasteiger charge is 2.20. The number of halogens is 1. The molecule has 1 aromatic rings. The van der Waals surface area contributed by atoms with Gasteiger partial charge in [-0.1, -0.05) is 44.5 Å². The molecule has 1 aliphatic carbocycles. The molecule has 0 bridgehead atoms. The second-order valence-electron chi connectivity index (χ2n) is 6.51. The minimum absolute atomic E-state index is 0. The maximum atomic E-state index is 11.9. The zero-order valence-corrected chi connectivity index (χ0v) is 15.6. The van der Waals surface area contributed by atoms with Crippen molar-refractivity contribution in [2.75, 3.05) is 13.2 Å². The van der Waals surface area contributed by atoms with E-state index in [1.807, 2.05) is 13.8 Å². The summed E-state index contributed by atoms with van der Waals surface area (Å²) in [4.78, 5) is 11.9. The van der Waals surface area contributed by atoms with Crippen molar-refractivity contribution in [2.24, 2.45) is 11.7 Å². The number of fused-ring (bicyclic) bond motifs is 1. The molecule has 136 valence electrons. The molecule has 0 radical (unpaired) electrons. The summed E-state index contributed by atoms with van der Waals surface area (Å²) in [7, 11) is 0. The summed E-state index contributed by atoms with van der Waals surface area (Å²) in [6.07, 6.45) is 5.36. The van der Waals surface area contributed by atoms with Crippen LogP contribution in [-0.4, -0.2) is 25.1 Å². The Balaban J connectivity index is 0.00000288. The second kappa shape index (κ2) is 10.7. The molecule has 0 aromatic heterocycles. The number of carbonyl (C=O) groups is 1. The Bertz CT molecular complexity index is 510. The van der Waals surface area contributed by atoms with E-state index in [1.54, 1.807) is 0 Å². The summed E-state index contributed by atoms with van der Waals surface area (Å²) in [6.45, 7) is 5.34. The van der Waals surface area contributed by atoms with Gasteiger partial charge in [-0.25, -0.2) is 0 Å². The minimum Gasteiger partial charge on any atom is -0.373 e. The van der Waals surface area contributed by atoms with Crippen LogP contribution in [0.3, 0.4) is 0 Å². The number of nitrogens with one attached hydrogen (secondary N) is 1. The molecule has 3 unspecified atom stereocenters. The van der Waals surface area contributed by atoms with Crippen LogP contribution in [0.15, 0.2) is 24.3 Å². The quantitative estimate of drug-likeness (QED) is 0.703. The smallest absolute Gasteiger partial charge is 0.237 e. The van der Waals surface area contributed by atoms with Crippen molar-refractivity contribution >= 4 is 18.3 Å². The zero-order valence-electron chi connectivity index (χ0n) is 14.8. The van der Waals surface area contributed by atoms with Gasteiger partial charge in [-0.05, 0) is 42.7 Å². The number of aryl methyl sites for hydroxylation is 1. The average Bonchev–Trinajstić information content (AvgIpc) is 2.60. The number of ether oxygens (including phenoxy) is 1. The highest BCUT2D eigenvalue weighted by molar-refractivity contribution is 5.85. The lowest BCUT2D eigenvalue weighted by Crippen LogP contribution is -2.45. The summed E-state index contributed by atoms with van der Waals surface area (Å²) in [5, 5.41) is 2.91. The lowest BCUT2D eigenvalue weighted by Gasteiger charge is -2.25. The summed E-state index contributed by atoms with van der Waals surface area (Å²) < 4.78 is 6.04. The number of amides is 1. The van der Waals surface area contributed by atoms with Crippen LogP contribution in [0.2, 0.25) is 0 Å². The van der Waals surface area contributed by atoms with E-state index in [-0.39, 0.29) is 30.3 Å². The monoisotopic (exact) mass is 354 g/mol. The summed E-state index contributed by atoms with van der Waals surface area (Å²) in [5.74, 6) is 0.160. The van der Waals surface area contributed by atoms with Gasteiger partial charge in [0.15, 0.2) is 0 Å². The van der Waals surface area contributed by atoms with Crippen LogP contribution in [0.4, 0.5) is 0 Å². The lowest BCUT2D eigenvalue weighted by atomic mass is 9.89. The largest absolute Gasteiger partial charge is 0.373 e. The fourth-order valence-electron chi connectivity index (χ4n) is 3.02. The van der Waals surface area contributed by atoms with Crippen LogP contribution in [0, 0.1) is 5.92 Å². The number of benzene rings is 1. The number of hydrogen-bond acceptors (Lipinski definition) is 3. The van der Waals surface area contributed by atoms with Gasteiger partial charge >= 0.3 is 0 Å². The van der Waals surface area contributed by atoms with Crippen LogP contribution in [-0.2, 0) is 16.0 Å². The SMILES string of the molecule is CCC(C)C(N)C(=O)NCCCOC1CCCc2ccccc21.Cl. The first kappa shape index (κ1) is 20.9. The van der Waals surface area contributed by atoms with Crippen LogP contribution in [0.5, 0.6) is 0 Å². The third-order valence-corrected chi connectivity index (χ3v) is 4.81. The van der Waals surface area contributed by atoms with E-state index in [1.165, 1.54) is 17.5 Å². The first-order valence-corrected chi connectivity index (χ1v) is 8.86. The van der Waals surface area contributed by atoms with Gasteiger partial charge in [0.2, 0.25) is 5.91 Å². The first-order valence-electron chi connectivity index (χ1n) is 8.86. The number of nitrogens with two attached hydrogens (primary N) is 1. The minimum atomic E-state index is -0.411. The Hall–Kier alpha value is -1.10. The molecule has 2 rings (SSSR count). The Labute approximate surface area is 151 Å². The van der Waals surface area contributed by atoms with E-state index in [9.17, 15) is 4.79 Å². The number of carbonyl (C=O) groups excluding carboxylic acids is 1. The van der Waals surface area contributed by atoms with Gasteiger partial charge in [0.25, 0.3) is 0 Å². The predicted octanol–water partition coefficient (Wildman–Crippen LogP) is 3.38. The van der Waals surface area contributed by atoms with Gasteiger partial charge in [0.05, 0.1) is 12.1 Å². The predicted molar refractivity (Wildman–Crippen MR) is 100 cm³/mol. The Morgan fingerprint density at radius 2 is 2.17 bits per heavy atom. The molecule has 0 saturated heterocycles. The third kappa shape index (κ3) is 5.76. The lowest BCUT2D eigenvalue weighted by molar-refractivity contribution is -0.123. The first-order chi connectivity index (χ1) is 11.1. The van der Waals surface area contributed by atoms with Crippen molar-refractivity contribution < 1.29 is 9.53 Å². The van der Waals surface area contributed by atoms with Crippen molar-refractivity contribution in [1.29, 1.82) is 0 Å². The van der Waals surface area contributed by atoms with E-state index in [4.69, 9.17) is 10.5 Å². The fourth-order valence-corrected chi connectivity index (χ4v) is 3.02. The molecule has 1 amide bonds. The average molecular weight is 355 g/mol. The van der Waals surface area contributed by atoms with Crippen molar-refractivity contribution in [3.05, 3.63) is 35.4 Å². The fraction of sp³-hybridized carbons (Fsp3) is 0.632. The highest BCUT2D eigenvalue weighted by atomic mass is 35.5. The molecule has 5 heteroatoms. The molecule has 3 N–H and O–H groups in total. The molecule has 3 atom stereocenters.